The lowest BCUT2D eigenvalue weighted by Gasteiger charge is -2.14. The minimum Gasteiger partial charge on any atom is -0.378 e. The number of carbonyl (C=O) groups excluding carboxylic acids is 1. The summed E-state index contributed by atoms with van der Waals surface area (Å²) in [6.45, 7) is 0. The highest BCUT2D eigenvalue weighted by molar-refractivity contribution is 8.19. The van der Waals surface area contributed by atoms with E-state index in [2.05, 4.69) is 0 Å². The molecule has 14 heavy (non-hydrogen) atoms. The fraction of sp³-hybridized carbons (Fsp3) is 0. The van der Waals surface area contributed by atoms with Crippen LogP contribution in [0.5, 0.6) is 0 Å². The van der Waals surface area contributed by atoms with Crippen molar-refractivity contribution in [3.63, 3.8) is 0 Å². The molecule has 0 amide bonds. The van der Waals surface area contributed by atoms with Crippen molar-refractivity contribution < 1.29 is 13.2 Å². The van der Waals surface area contributed by atoms with Crippen molar-refractivity contribution in [1.82, 2.24) is 0 Å². The molecule has 3 nitrogen and oxygen atoms in total. The van der Waals surface area contributed by atoms with Gasteiger partial charge in [-0.3, -0.25) is 0 Å². The van der Waals surface area contributed by atoms with Gasteiger partial charge in [0.05, 0.1) is 0 Å². The van der Waals surface area contributed by atoms with Gasteiger partial charge in [0, 0.05) is 0 Å². The number of thiol groups is 2. The molecule has 0 atom stereocenters. The summed E-state index contributed by atoms with van der Waals surface area (Å²) >= 11 is -1.76. The largest absolute Gasteiger partial charge is 0.530 e. The third-order valence-corrected chi connectivity index (χ3v) is 4.10. The van der Waals surface area contributed by atoms with E-state index in [9.17, 15) is 4.79 Å². The fourth-order valence-corrected chi connectivity index (χ4v) is 2.94. The van der Waals surface area contributed by atoms with Crippen LogP contribution in [0.3, 0.4) is 0 Å². The summed E-state index contributed by atoms with van der Waals surface area (Å²) in [5.74, 6) is 0. The normalized spacial score (nSPS) is 22.0. The van der Waals surface area contributed by atoms with E-state index in [-0.39, 0.29) is 0 Å². The number of hydrogen-bond acceptors (Lipinski definition) is 3. The molecule has 0 aromatic carbocycles. The molecule has 0 aromatic rings. The van der Waals surface area contributed by atoms with Crippen LogP contribution in [0.1, 0.15) is 0 Å². The molecule has 2 aliphatic heterocycles. The van der Waals surface area contributed by atoms with Crippen molar-refractivity contribution in [3.05, 3.63) is 45.9 Å². The smallest absolute Gasteiger partial charge is 0.378 e. The molecule has 5 heteroatoms. The van der Waals surface area contributed by atoms with Gasteiger partial charge in [-0.2, -0.15) is 0 Å². The average Bonchev–Trinajstić information content (AvgIpc) is 2.76. The molecule has 76 valence electrons. The minimum absolute atomic E-state index is 0.588. The molecule has 0 aromatic heterocycles. The average molecular weight is 230 g/mol. The van der Waals surface area contributed by atoms with Crippen LogP contribution >= 0.6 is 22.4 Å². The van der Waals surface area contributed by atoms with Gasteiger partial charge in [0.15, 0.2) is 0 Å². The minimum atomic E-state index is -0.878. The van der Waals surface area contributed by atoms with Crippen LogP contribution in [-0.2, 0) is 8.37 Å². The zero-order chi connectivity index (χ0) is 9.80. The first-order valence-corrected chi connectivity index (χ1v) is 6.81. The maximum absolute atomic E-state index is 11.2. The van der Waals surface area contributed by atoms with E-state index in [0.717, 1.165) is 0 Å². The molecule has 2 rings (SSSR count). The highest BCUT2D eigenvalue weighted by Crippen LogP contribution is 2.38. The van der Waals surface area contributed by atoms with Gasteiger partial charge in [-0.25, -0.2) is 4.79 Å². The van der Waals surface area contributed by atoms with E-state index < -0.39 is 28.5 Å². The third kappa shape index (κ3) is 2.46. The Bertz CT molecular complexity index is 288. The summed E-state index contributed by atoms with van der Waals surface area (Å²) in [4.78, 5) is 11.2. The zero-order valence-electron chi connectivity index (χ0n) is 7.24. The van der Waals surface area contributed by atoms with Crippen LogP contribution in [0.2, 0.25) is 0 Å². The lowest BCUT2D eigenvalue weighted by Crippen LogP contribution is -2.00. The Hall–Kier alpha value is -1.07. The Morgan fingerprint density at radius 3 is 1.50 bits per heavy atom. The second-order valence-electron chi connectivity index (χ2n) is 2.52. The van der Waals surface area contributed by atoms with Crippen LogP contribution < -0.4 is 0 Å². The van der Waals surface area contributed by atoms with Crippen molar-refractivity contribution in [2.24, 2.45) is 0 Å². The predicted octanol–water partition coefficient (Wildman–Crippen LogP) is 3.05. The summed E-state index contributed by atoms with van der Waals surface area (Å²) in [5.41, 5.74) is 0. The van der Waals surface area contributed by atoms with E-state index in [1.807, 2.05) is 45.9 Å². The van der Waals surface area contributed by atoms with Gasteiger partial charge in [0.2, 0.25) is 0 Å². The van der Waals surface area contributed by atoms with Gasteiger partial charge in [-0.05, 0) is 21.6 Å². The molecular weight excluding hydrogens is 220 g/mol. The van der Waals surface area contributed by atoms with Crippen molar-refractivity contribution in [2.75, 3.05) is 0 Å². The Kier molecular flexibility index (Phi) is 3.00. The first-order chi connectivity index (χ1) is 6.84. The first-order valence-electron chi connectivity index (χ1n) is 4.01. The van der Waals surface area contributed by atoms with Crippen molar-refractivity contribution in [1.29, 1.82) is 0 Å². The SMILES string of the molecule is O=C(O[SH]1C=CC=C1)O[SH]1C=CC=C1. The zero-order valence-corrected chi connectivity index (χ0v) is 9.03. The van der Waals surface area contributed by atoms with Gasteiger partial charge in [0.25, 0.3) is 0 Å². The van der Waals surface area contributed by atoms with Crippen LogP contribution in [-0.4, -0.2) is 6.16 Å². The van der Waals surface area contributed by atoms with Gasteiger partial charge in [-0.1, -0.05) is 46.7 Å². The van der Waals surface area contributed by atoms with Crippen LogP contribution in [0.25, 0.3) is 0 Å². The van der Waals surface area contributed by atoms with Gasteiger partial charge < -0.3 is 8.37 Å². The van der Waals surface area contributed by atoms with Crippen LogP contribution in [0, 0.1) is 0 Å². The van der Waals surface area contributed by atoms with Crippen molar-refractivity contribution in [2.45, 2.75) is 0 Å². The van der Waals surface area contributed by atoms with E-state index in [0.29, 0.717) is 0 Å². The molecule has 0 unspecified atom stereocenters. The number of hydrogen-bond donors (Lipinski definition) is 2. The Morgan fingerprint density at radius 2 is 1.14 bits per heavy atom. The molecule has 0 radical (unpaired) electrons. The highest BCUT2D eigenvalue weighted by atomic mass is 32.2. The quantitative estimate of drug-likeness (QED) is 0.716. The Labute approximate surface area is 87.9 Å². The lowest BCUT2D eigenvalue weighted by molar-refractivity contribution is 0.168. The lowest BCUT2D eigenvalue weighted by atomic mass is 10.6. The van der Waals surface area contributed by atoms with Crippen molar-refractivity contribution in [3.8, 4) is 0 Å². The molecule has 0 N–H and O–H groups in total. The van der Waals surface area contributed by atoms with Gasteiger partial charge >= 0.3 is 6.16 Å². The number of allylic oxidation sites excluding steroid dienone is 4. The standard InChI is InChI=1S/C9H10O3S2/c10-9(11-13-5-1-2-6-13)12-14-7-3-4-8-14/h1-8,13-14H. The van der Waals surface area contributed by atoms with E-state index in [1.165, 1.54) is 0 Å². The van der Waals surface area contributed by atoms with Gasteiger partial charge in [0.1, 0.15) is 0 Å². The van der Waals surface area contributed by atoms with Crippen LogP contribution in [0.15, 0.2) is 45.9 Å². The third-order valence-electron chi connectivity index (χ3n) is 1.51. The molecule has 0 aliphatic carbocycles. The van der Waals surface area contributed by atoms with Crippen LogP contribution in [0.4, 0.5) is 4.79 Å². The Morgan fingerprint density at radius 1 is 0.786 bits per heavy atom. The summed E-state index contributed by atoms with van der Waals surface area (Å²) in [5, 5.41) is 7.41. The summed E-state index contributed by atoms with van der Waals surface area (Å²) in [6.07, 6.45) is 6.85. The molecular formula is C9H10O3S2. The topological polar surface area (TPSA) is 35.5 Å². The summed E-state index contributed by atoms with van der Waals surface area (Å²) in [6, 6.07) is 0. The molecule has 2 heterocycles. The van der Waals surface area contributed by atoms with Gasteiger partial charge in [-0.15, -0.1) is 0 Å². The summed E-state index contributed by atoms with van der Waals surface area (Å²) < 4.78 is 10.1. The van der Waals surface area contributed by atoms with E-state index in [4.69, 9.17) is 8.37 Å². The Balaban J connectivity index is 1.78. The fourth-order valence-electron chi connectivity index (χ4n) is 0.948. The molecule has 2 aliphatic rings. The van der Waals surface area contributed by atoms with E-state index in [1.54, 1.807) is 0 Å². The van der Waals surface area contributed by atoms with Crippen molar-refractivity contribution >= 4 is 28.5 Å². The second kappa shape index (κ2) is 4.43. The van der Waals surface area contributed by atoms with E-state index >= 15 is 0 Å². The number of rotatable bonds is 2. The first kappa shape index (κ1) is 9.48. The molecule has 0 bridgehead atoms. The maximum atomic E-state index is 11.2. The summed E-state index contributed by atoms with van der Waals surface area (Å²) in [7, 11) is 0. The predicted molar refractivity (Wildman–Crippen MR) is 62.1 cm³/mol. The molecule has 0 saturated carbocycles. The maximum Gasteiger partial charge on any atom is 0.530 e. The molecule has 0 fully saturated rings. The second-order valence-corrected chi connectivity index (χ2v) is 5.52. The number of carbonyl (C=O) groups is 1. The highest BCUT2D eigenvalue weighted by Gasteiger charge is 2.12. The monoisotopic (exact) mass is 230 g/mol. The molecule has 0 spiro atoms. The molecule has 0 saturated heterocycles.